The molecule has 6 rings (SSSR count). The van der Waals surface area contributed by atoms with Gasteiger partial charge in [-0.25, -0.2) is 9.97 Å². The number of fused-ring (bicyclic) bond motifs is 4. The Morgan fingerprint density at radius 3 is 2.88 bits per heavy atom. The summed E-state index contributed by atoms with van der Waals surface area (Å²) >= 11 is 1.74. The first-order valence-electron chi connectivity index (χ1n) is 11.3. The van der Waals surface area contributed by atoms with Crippen molar-refractivity contribution in [3.8, 4) is 0 Å². The lowest BCUT2D eigenvalue weighted by Crippen LogP contribution is -2.36. The van der Waals surface area contributed by atoms with Gasteiger partial charge in [-0.15, -0.1) is 0 Å². The zero-order chi connectivity index (χ0) is 21.7. The zero-order valence-electron chi connectivity index (χ0n) is 18.5. The number of H-pyrrole nitrogens is 1. The van der Waals surface area contributed by atoms with Crippen molar-refractivity contribution in [2.75, 3.05) is 50.6 Å². The molecule has 1 atom stereocenters. The van der Waals surface area contributed by atoms with Crippen LogP contribution in [0.5, 0.6) is 0 Å². The van der Waals surface area contributed by atoms with Crippen LogP contribution in [-0.4, -0.2) is 66.3 Å². The van der Waals surface area contributed by atoms with Crippen molar-refractivity contribution >= 4 is 49.2 Å². The van der Waals surface area contributed by atoms with Gasteiger partial charge in [0.1, 0.15) is 11.5 Å². The number of nitrogens with one attached hydrogen (secondary N) is 2. The van der Waals surface area contributed by atoms with Crippen molar-refractivity contribution in [3.63, 3.8) is 0 Å². The summed E-state index contributed by atoms with van der Waals surface area (Å²) in [6, 6.07) is 11.2. The average Bonchev–Trinajstić information content (AvgIpc) is 3.39. The van der Waals surface area contributed by atoms with E-state index in [0.717, 1.165) is 66.9 Å². The first kappa shape index (κ1) is 20.0. The Balaban J connectivity index is 1.25. The molecule has 32 heavy (non-hydrogen) atoms. The van der Waals surface area contributed by atoms with Gasteiger partial charge in [-0.3, -0.25) is 0 Å². The summed E-state index contributed by atoms with van der Waals surface area (Å²) in [6.45, 7) is 3.36. The highest BCUT2D eigenvalue weighted by Crippen LogP contribution is 2.33. The molecule has 7 nitrogen and oxygen atoms in total. The maximum absolute atomic E-state index is 5.47. The summed E-state index contributed by atoms with van der Waals surface area (Å²) in [7, 11) is 4.35. The number of ether oxygens (including phenoxy) is 1. The molecule has 4 aromatic rings. The van der Waals surface area contributed by atoms with Crippen molar-refractivity contribution < 1.29 is 4.74 Å². The molecule has 1 aromatic carbocycles. The third kappa shape index (κ3) is 3.62. The molecule has 3 aromatic heterocycles. The molecule has 0 bridgehead atoms. The number of morpholine rings is 1. The first-order valence-corrected chi connectivity index (χ1v) is 12.1. The maximum Gasteiger partial charge on any atom is 0.186 e. The van der Waals surface area contributed by atoms with Crippen LogP contribution in [0.2, 0.25) is 0 Å². The summed E-state index contributed by atoms with van der Waals surface area (Å²) < 4.78 is 6.65. The third-order valence-electron chi connectivity index (χ3n) is 6.68. The van der Waals surface area contributed by atoms with Gasteiger partial charge >= 0.3 is 0 Å². The van der Waals surface area contributed by atoms with Crippen LogP contribution in [0, 0.1) is 0 Å². The summed E-state index contributed by atoms with van der Waals surface area (Å²) in [6.07, 6.45) is 3.37. The minimum Gasteiger partial charge on any atom is -0.378 e. The molecule has 2 aliphatic rings. The predicted molar refractivity (Wildman–Crippen MR) is 132 cm³/mol. The number of aromatic amines is 1. The smallest absolute Gasteiger partial charge is 0.186 e. The minimum absolute atomic E-state index is 0.604. The van der Waals surface area contributed by atoms with E-state index in [1.807, 2.05) is 0 Å². The molecular weight excluding hydrogens is 420 g/mol. The molecule has 1 fully saturated rings. The van der Waals surface area contributed by atoms with E-state index in [4.69, 9.17) is 14.7 Å². The summed E-state index contributed by atoms with van der Waals surface area (Å²) in [5.41, 5.74) is 5.84. The van der Waals surface area contributed by atoms with Crippen LogP contribution in [0.3, 0.4) is 0 Å². The number of nitrogens with zero attached hydrogens (tertiary/aromatic N) is 4. The molecule has 8 heteroatoms. The third-order valence-corrected chi connectivity index (χ3v) is 7.76. The molecule has 0 spiro atoms. The topological polar surface area (TPSA) is 69.3 Å². The second-order valence-electron chi connectivity index (χ2n) is 8.94. The van der Waals surface area contributed by atoms with E-state index in [1.54, 1.807) is 11.3 Å². The van der Waals surface area contributed by atoms with Crippen molar-refractivity contribution in [3.05, 3.63) is 41.6 Å². The van der Waals surface area contributed by atoms with Crippen LogP contribution >= 0.6 is 11.3 Å². The van der Waals surface area contributed by atoms with Gasteiger partial charge in [0.25, 0.3) is 0 Å². The van der Waals surface area contributed by atoms with Crippen LogP contribution in [-0.2, 0) is 17.6 Å². The lowest BCUT2D eigenvalue weighted by Gasteiger charge is -2.28. The standard InChI is InChI=1S/C24H28N6OS/c1-29(2)16-4-7-19-18(14-16)17-5-8-22(28-23(17)26-19)25-15-3-6-20-21(13-15)32-24(27-20)30-9-11-31-12-10-30/h3,5-6,8,13,16H,4,7,9-12,14H2,1-2H3,(H2,25,26,28). The van der Waals surface area contributed by atoms with E-state index >= 15 is 0 Å². The Hall–Kier alpha value is -2.68. The Labute approximate surface area is 191 Å². The highest BCUT2D eigenvalue weighted by Gasteiger charge is 2.24. The largest absolute Gasteiger partial charge is 0.378 e. The van der Waals surface area contributed by atoms with E-state index in [9.17, 15) is 0 Å². The molecule has 0 amide bonds. The number of hydrogen-bond acceptors (Lipinski definition) is 7. The highest BCUT2D eigenvalue weighted by atomic mass is 32.1. The Bertz CT molecular complexity index is 1270. The Kier molecular flexibility index (Phi) is 5.01. The number of aromatic nitrogens is 3. The first-order chi connectivity index (χ1) is 15.6. The molecule has 1 aliphatic carbocycles. The molecule has 1 aliphatic heterocycles. The minimum atomic E-state index is 0.604. The van der Waals surface area contributed by atoms with Crippen LogP contribution in [0.25, 0.3) is 21.3 Å². The second-order valence-corrected chi connectivity index (χ2v) is 9.95. The second kappa shape index (κ2) is 8.03. The lowest BCUT2D eigenvalue weighted by molar-refractivity contribution is 0.122. The number of hydrogen-bond donors (Lipinski definition) is 2. The number of benzene rings is 1. The monoisotopic (exact) mass is 448 g/mol. The van der Waals surface area contributed by atoms with E-state index in [-0.39, 0.29) is 0 Å². The van der Waals surface area contributed by atoms with E-state index in [1.165, 1.54) is 27.8 Å². The SMILES string of the molecule is CN(C)C1CCc2[nH]c3nc(Nc4ccc5nc(N6CCOCC6)sc5c4)ccc3c2C1. The van der Waals surface area contributed by atoms with Crippen molar-refractivity contribution in [2.24, 2.45) is 0 Å². The van der Waals surface area contributed by atoms with Gasteiger partial charge in [0.2, 0.25) is 0 Å². The molecule has 1 saturated heterocycles. The number of thiazole rings is 1. The molecule has 0 radical (unpaired) electrons. The van der Waals surface area contributed by atoms with E-state index in [0.29, 0.717) is 6.04 Å². The summed E-state index contributed by atoms with van der Waals surface area (Å²) in [4.78, 5) is 17.9. The normalized spacial score (nSPS) is 19.1. The van der Waals surface area contributed by atoms with Gasteiger partial charge in [-0.2, -0.15) is 0 Å². The fraction of sp³-hybridized carbons (Fsp3) is 0.417. The Morgan fingerprint density at radius 2 is 2.03 bits per heavy atom. The van der Waals surface area contributed by atoms with E-state index in [2.05, 4.69) is 64.5 Å². The fourth-order valence-corrected chi connectivity index (χ4v) is 5.87. The van der Waals surface area contributed by atoms with E-state index < -0.39 is 0 Å². The van der Waals surface area contributed by atoms with Crippen LogP contribution in [0.4, 0.5) is 16.6 Å². The molecule has 4 heterocycles. The Morgan fingerprint density at radius 1 is 1.16 bits per heavy atom. The van der Waals surface area contributed by atoms with Crippen molar-refractivity contribution in [1.29, 1.82) is 0 Å². The highest BCUT2D eigenvalue weighted by molar-refractivity contribution is 7.22. The predicted octanol–water partition coefficient (Wildman–Crippen LogP) is 4.17. The quantitative estimate of drug-likeness (QED) is 0.488. The maximum atomic E-state index is 5.47. The number of likely N-dealkylation sites (N-methyl/N-ethyl adjacent to an activating group) is 1. The van der Waals surface area contributed by atoms with Gasteiger partial charge < -0.3 is 24.8 Å². The molecule has 2 N–H and O–H groups in total. The number of aryl methyl sites for hydroxylation is 1. The molecular formula is C24H28N6OS. The molecule has 166 valence electrons. The number of rotatable bonds is 4. The van der Waals surface area contributed by atoms with Gasteiger partial charge in [0, 0.05) is 35.9 Å². The van der Waals surface area contributed by atoms with Crippen LogP contribution in [0.1, 0.15) is 17.7 Å². The van der Waals surface area contributed by atoms with Gasteiger partial charge in [0.05, 0.1) is 23.4 Å². The van der Waals surface area contributed by atoms with Crippen LogP contribution < -0.4 is 10.2 Å². The summed E-state index contributed by atoms with van der Waals surface area (Å²) in [5, 5.41) is 5.82. The van der Waals surface area contributed by atoms with Crippen molar-refractivity contribution in [2.45, 2.75) is 25.3 Å². The number of anilines is 3. The summed E-state index contributed by atoms with van der Waals surface area (Å²) in [5.74, 6) is 0.859. The average molecular weight is 449 g/mol. The van der Waals surface area contributed by atoms with Gasteiger partial charge in [0.15, 0.2) is 5.13 Å². The number of pyridine rings is 1. The molecule has 1 unspecified atom stereocenters. The van der Waals surface area contributed by atoms with Gasteiger partial charge in [-0.1, -0.05) is 11.3 Å². The fourth-order valence-electron chi connectivity index (χ4n) is 4.81. The molecule has 0 saturated carbocycles. The lowest BCUT2D eigenvalue weighted by atomic mass is 9.91. The van der Waals surface area contributed by atoms with Crippen molar-refractivity contribution in [1.82, 2.24) is 19.9 Å². The van der Waals surface area contributed by atoms with Crippen LogP contribution in [0.15, 0.2) is 30.3 Å². The zero-order valence-corrected chi connectivity index (χ0v) is 19.3. The van der Waals surface area contributed by atoms with Gasteiger partial charge in [-0.05, 0) is 69.3 Å².